The Bertz CT molecular complexity index is 440. The van der Waals surface area contributed by atoms with Gasteiger partial charge in [0.05, 0.1) is 25.6 Å². The second-order valence-corrected chi connectivity index (χ2v) is 8.90. The predicted octanol–water partition coefficient (Wildman–Crippen LogP) is 6.87. The summed E-state index contributed by atoms with van der Waals surface area (Å²) in [6, 6.07) is 0. The van der Waals surface area contributed by atoms with Gasteiger partial charge in [0.25, 0.3) is 0 Å². The van der Waals surface area contributed by atoms with Crippen molar-refractivity contribution in [1.29, 1.82) is 0 Å². The molecule has 0 bridgehead atoms. The normalized spacial score (nSPS) is 12.7. The van der Waals surface area contributed by atoms with Gasteiger partial charge >= 0.3 is 11.9 Å². The fourth-order valence-corrected chi connectivity index (χ4v) is 3.04. The Morgan fingerprint density at radius 3 is 1.97 bits per heavy atom. The summed E-state index contributed by atoms with van der Waals surface area (Å²) in [6.07, 6.45) is 14.8. The van der Waals surface area contributed by atoms with Crippen molar-refractivity contribution in [2.24, 2.45) is 17.8 Å². The van der Waals surface area contributed by atoms with Crippen LogP contribution in [0.15, 0.2) is 12.2 Å². The maximum absolute atomic E-state index is 12.5. The predicted molar refractivity (Wildman–Crippen MR) is 121 cm³/mol. The van der Waals surface area contributed by atoms with E-state index in [1.807, 2.05) is 12.2 Å². The molecule has 0 amide bonds. The zero-order valence-electron chi connectivity index (χ0n) is 19.7. The van der Waals surface area contributed by atoms with Crippen LogP contribution < -0.4 is 0 Å². The van der Waals surface area contributed by atoms with Crippen molar-refractivity contribution in [3.63, 3.8) is 0 Å². The number of unbranched alkanes of at least 4 members (excludes halogenated alkanes) is 5. The van der Waals surface area contributed by atoms with Gasteiger partial charge in [-0.25, -0.2) is 0 Å². The van der Waals surface area contributed by atoms with E-state index in [2.05, 4.69) is 34.6 Å². The minimum absolute atomic E-state index is 0.0665. The SMILES string of the molecule is CCCCCCCC=CC(CC(=O)OCCCC(C)C)C(=O)OCCCC(C)C. The minimum atomic E-state index is -0.540. The van der Waals surface area contributed by atoms with E-state index in [1.165, 1.54) is 25.7 Å². The molecular weight excluding hydrogens is 364 g/mol. The molecule has 0 aliphatic heterocycles. The number of rotatable bonds is 18. The van der Waals surface area contributed by atoms with Crippen molar-refractivity contribution in [3.05, 3.63) is 12.2 Å². The lowest BCUT2D eigenvalue weighted by molar-refractivity contribution is -0.153. The van der Waals surface area contributed by atoms with E-state index in [9.17, 15) is 9.59 Å². The third kappa shape index (κ3) is 18.4. The molecule has 1 atom stereocenters. The lowest BCUT2D eigenvalue weighted by Gasteiger charge is -2.13. The van der Waals surface area contributed by atoms with Gasteiger partial charge in [-0.1, -0.05) is 72.5 Å². The van der Waals surface area contributed by atoms with Crippen LogP contribution in [0.4, 0.5) is 0 Å². The van der Waals surface area contributed by atoms with Gasteiger partial charge in [-0.15, -0.1) is 0 Å². The average molecular weight is 411 g/mol. The lowest BCUT2D eigenvalue weighted by Crippen LogP contribution is -2.21. The van der Waals surface area contributed by atoms with Gasteiger partial charge in [0, 0.05) is 0 Å². The molecule has 170 valence electrons. The van der Waals surface area contributed by atoms with E-state index >= 15 is 0 Å². The zero-order chi connectivity index (χ0) is 21.9. The third-order valence-corrected chi connectivity index (χ3v) is 4.89. The second-order valence-electron chi connectivity index (χ2n) is 8.90. The van der Waals surface area contributed by atoms with E-state index < -0.39 is 5.92 Å². The molecule has 0 aliphatic carbocycles. The van der Waals surface area contributed by atoms with E-state index in [4.69, 9.17) is 9.47 Å². The molecule has 0 fully saturated rings. The highest BCUT2D eigenvalue weighted by atomic mass is 16.5. The summed E-state index contributed by atoms with van der Waals surface area (Å²) in [5, 5.41) is 0. The highest BCUT2D eigenvalue weighted by molar-refractivity contribution is 5.81. The molecule has 0 rings (SSSR count). The fraction of sp³-hybridized carbons (Fsp3) is 0.840. The minimum Gasteiger partial charge on any atom is -0.466 e. The Kier molecular flexibility index (Phi) is 17.8. The van der Waals surface area contributed by atoms with Crippen LogP contribution in [0, 0.1) is 17.8 Å². The molecule has 0 saturated heterocycles. The zero-order valence-corrected chi connectivity index (χ0v) is 19.7. The Labute approximate surface area is 179 Å². The maximum atomic E-state index is 12.5. The molecule has 0 aromatic heterocycles. The first-order chi connectivity index (χ1) is 13.9. The summed E-state index contributed by atoms with van der Waals surface area (Å²) >= 11 is 0. The van der Waals surface area contributed by atoms with Crippen molar-refractivity contribution in [1.82, 2.24) is 0 Å². The quantitative estimate of drug-likeness (QED) is 0.141. The molecule has 0 N–H and O–H groups in total. The van der Waals surface area contributed by atoms with Gasteiger partial charge in [0.1, 0.15) is 0 Å². The highest BCUT2D eigenvalue weighted by Gasteiger charge is 2.21. The van der Waals surface area contributed by atoms with Crippen LogP contribution in [0.25, 0.3) is 0 Å². The van der Waals surface area contributed by atoms with Crippen LogP contribution in [0.2, 0.25) is 0 Å². The molecule has 0 heterocycles. The number of ether oxygens (including phenoxy) is 2. The Morgan fingerprint density at radius 1 is 0.793 bits per heavy atom. The highest BCUT2D eigenvalue weighted by Crippen LogP contribution is 2.14. The summed E-state index contributed by atoms with van der Waals surface area (Å²) in [5.41, 5.74) is 0. The topological polar surface area (TPSA) is 52.6 Å². The van der Waals surface area contributed by atoms with Crippen molar-refractivity contribution < 1.29 is 19.1 Å². The number of carbonyl (C=O) groups excluding carboxylic acids is 2. The van der Waals surface area contributed by atoms with Gasteiger partial charge < -0.3 is 9.47 Å². The van der Waals surface area contributed by atoms with Crippen LogP contribution in [-0.4, -0.2) is 25.2 Å². The number of hydrogen-bond acceptors (Lipinski definition) is 4. The Hall–Kier alpha value is -1.32. The molecule has 0 radical (unpaired) electrons. The first-order valence-electron chi connectivity index (χ1n) is 11.9. The average Bonchev–Trinajstić information content (AvgIpc) is 2.66. The Morgan fingerprint density at radius 2 is 1.38 bits per heavy atom. The van der Waals surface area contributed by atoms with Gasteiger partial charge in [-0.3, -0.25) is 9.59 Å². The molecule has 0 spiro atoms. The van der Waals surface area contributed by atoms with Crippen LogP contribution in [0.3, 0.4) is 0 Å². The van der Waals surface area contributed by atoms with E-state index in [0.29, 0.717) is 25.0 Å². The molecule has 0 aliphatic rings. The van der Waals surface area contributed by atoms with Crippen LogP contribution in [-0.2, 0) is 19.1 Å². The van der Waals surface area contributed by atoms with Crippen molar-refractivity contribution in [2.45, 2.75) is 105 Å². The largest absolute Gasteiger partial charge is 0.466 e. The van der Waals surface area contributed by atoms with E-state index in [-0.39, 0.29) is 18.4 Å². The third-order valence-electron chi connectivity index (χ3n) is 4.89. The monoisotopic (exact) mass is 410 g/mol. The second kappa shape index (κ2) is 18.7. The van der Waals surface area contributed by atoms with Crippen LogP contribution >= 0.6 is 0 Å². The molecule has 0 aromatic carbocycles. The molecule has 4 nitrogen and oxygen atoms in total. The van der Waals surface area contributed by atoms with Crippen LogP contribution in [0.1, 0.15) is 105 Å². The van der Waals surface area contributed by atoms with Gasteiger partial charge in [0.15, 0.2) is 0 Å². The summed E-state index contributed by atoms with van der Waals surface area (Å²) in [7, 11) is 0. The van der Waals surface area contributed by atoms with Crippen LogP contribution in [0.5, 0.6) is 0 Å². The Balaban J connectivity index is 4.45. The standard InChI is InChI=1S/C25H46O4/c1-6-7-8-9-10-11-12-17-23(25(27)29-19-14-16-22(4)5)20-24(26)28-18-13-15-21(2)3/h12,17,21-23H,6-11,13-16,18-20H2,1-5H3. The summed E-state index contributed by atoms with van der Waals surface area (Å²) in [4.78, 5) is 24.6. The maximum Gasteiger partial charge on any atom is 0.313 e. The van der Waals surface area contributed by atoms with Gasteiger partial charge in [0.2, 0.25) is 0 Å². The summed E-state index contributed by atoms with van der Waals surface area (Å²) < 4.78 is 10.7. The fourth-order valence-electron chi connectivity index (χ4n) is 3.04. The van der Waals surface area contributed by atoms with E-state index in [1.54, 1.807) is 0 Å². The molecule has 29 heavy (non-hydrogen) atoms. The van der Waals surface area contributed by atoms with Gasteiger partial charge in [-0.05, 0) is 50.4 Å². The molecule has 0 aromatic rings. The van der Waals surface area contributed by atoms with Gasteiger partial charge in [-0.2, -0.15) is 0 Å². The number of hydrogen-bond donors (Lipinski definition) is 0. The molecule has 4 heteroatoms. The summed E-state index contributed by atoms with van der Waals surface area (Å²) in [5.74, 6) is 0.0309. The molecular formula is C25H46O4. The molecule has 1 unspecified atom stereocenters. The number of esters is 2. The smallest absolute Gasteiger partial charge is 0.313 e. The summed E-state index contributed by atoms with van der Waals surface area (Å²) in [6.45, 7) is 11.7. The van der Waals surface area contributed by atoms with Crippen molar-refractivity contribution in [2.75, 3.05) is 13.2 Å². The van der Waals surface area contributed by atoms with Crippen molar-refractivity contribution in [3.8, 4) is 0 Å². The first-order valence-corrected chi connectivity index (χ1v) is 11.9. The molecule has 0 saturated carbocycles. The van der Waals surface area contributed by atoms with E-state index in [0.717, 1.165) is 38.5 Å². The van der Waals surface area contributed by atoms with Crippen molar-refractivity contribution >= 4 is 11.9 Å². The number of allylic oxidation sites excluding steroid dienone is 1. The number of carbonyl (C=O) groups is 2. The lowest BCUT2D eigenvalue weighted by atomic mass is 10.0. The first kappa shape index (κ1) is 27.7.